The molecule has 3 saturated heterocycles. The molecule has 3 aromatic rings. The Labute approximate surface area is 223 Å². The molecule has 8 nitrogen and oxygen atoms in total. The van der Waals surface area contributed by atoms with Gasteiger partial charge in [0.25, 0.3) is 0 Å². The second kappa shape index (κ2) is 10.3. The number of piperidine rings is 1. The van der Waals surface area contributed by atoms with Crippen LogP contribution < -0.4 is 4.74 Å². The highest BCUT2D eigenvalue weighted by Gasteiger charge is 2.49. The molecule has 2 atom stereocenters. The zero-order valence-corrected chi connectivity index (χ0v) is 21.5. The number of nitrogens with zero attached hydrogens (tertiary/aromatic N) is 5. The molecule has 0 bridgehead atoms. The van der Waals surface area contributed by atoms with Crippen LogP contribution >= 0.6 is 11.6 Å². The van der Waals surface area contributed by atoms with Crippen molar-refractivity contribution < 1.29 is 23.1 Å². The number of fused-ring (bicyclic) bond motifs is 2. The maximum atomic E-state index is 15.0. The summed E-state index contributed by atoms with van der Waals surface area (Å²) in [6.07, 6.45) is 4.11. The van der Waals surface area contributed by atoms with Crippen LogP contribution in [-0.2, 0) is 4.84 Å². The van der Waals surface area contributed by atoms with Crippen LogP contribution in [0.2, 0.25) is 5.15 Å². The number of hydrogen-bond donors (Lipinski definition) is 0. The highest BCUT2D eigenvalue weighted by Crippen LogP contribution is 2.41. The van der Waals surface area contributed by atoms with Crippen LogP contribution in [0, 0.1) is 5.82 Å². The van der Waals surface area contributed by atoms with E-state index in [1.165, 1.54) is 6.20 Å². The number of pyridine rings is 1. The van der Waals surface area contributed by atoms with Crippen molar-refractivity contribution in [2.45, 2.75) is 49.7 Å². The van der Waals surface area contributed by atoms with Gasteiger partial charge in [-0.1, -0.05) is 29.8 Å². The SMILES string of the molecule is O=C(ON1CCC(c2nc(OC[C@@]34CCCN3C[C@H](F)C4)nc3c(F)c(Cl)ncc23)CC1)c1ccccc1. The number of aromatic nitrogens is 3. The molecule has 3 aliphatic rings. The first-order chi connectivity index (χ1) is 18.4. The van der Waals surface area contributed by atoms with E-state index >= 15 is 4.39 Å². The molecule has 1 aromatic carbocycles. The smallest absolute Gasteiger partial charge is 0.357 e. The number of hydrogen-bond acceptors (Lipinski definition) is 8. The van der Waals surface area contributed by atoms with E-state index in [0.717, 1.165) is 19.4 Å². The first-order valence-electron chi connectivity index (χ1n) is 13.0. The summed E-state index contributed by atoms with van der Waals surface area (Å²) in [5.41, 5.74) is 0.787. The van der Waals surface area contributed by atoms with E-state index in [9.17, 15) is 9.18 Å². The molecule has 0 aliphatic carbocycles. The minimum atomic E-state index is -0.879. The van der Waals surface area contributed by atoms with Gasteiger partial charge in [0.15, 0.2) is 11.0 Å². The molecular weight excluding hydrogens is 516 g/mol. The Morgan fingerprint density at radius 3 is 2.74 bits per heavy atom. The van der Waals surface area contributed by atoms with Gasteiger partial charge in [-0.25, -0.2) is 18.6 Å². The van der Waals surface area contributed by atoms with E-state index < -0.39 is 18.0 Å². The van der Waals surface area contributed by atoms with E-state index in [0.29, 0.717) is 55.5 Å². The normalized spacial score (nSPS) is 24.6. The Balaban J connectivity index is 1.21. The van der Waals surface area contributed by atoms with Gasteiger partial charge in [-0.2, -0.15) is 9.97 Å². The zero-order valence-electron chi connectivity index (χ0n) is 20.8. The van der Waals surface area contributed by atoms with Gasteiger partial charge >= 0.3 is 12.0 Å². The minimum absolute atomic E-state index is 0.0511. The lowest BCUT2D eigenvalue weighted by Crippen LogP contribution is -2.43. The van der Waals surface area contributed by atoms with Crippen LogP contribution in [0.25, 0.3) is 10.9 Å². The molecule has 0 unspecified atom stereocenters. The van der Waals surface area contributed by atoms with Gasteiger partial charge < -0.3 is 9.57 Å². The predicted molar refractivity (Wildman–Crippen MR) is 136 cm³/mol. The number of carbonyl (C=O) groups excluding carboxylic acids is 1. The van der Waals surface area contributed by atoms with Crippen molar-refractivity contribution in [1.29, 1.82) is 0 Å². The summed E-state index contributed by atoms with van der Waals surface area (Å²) >= 11 is 5.97. The molecule has 2 aromatic heterocycles. The van der Waals surface area contributed by atoms with Gasteiger partial charge in [-0.05, 0) is 44.4 Å². The average Bonchev–Trinajstić information content (AvgIpc) is 3.46. The monoisotopic (exact) mass is 543 g/mol. The molecule has 3 fully saturated rings. The molecule has 11 heteroatoms. The maximum Gasteiger partial charge on any atom is 0.357 e. The fraction of sp³-hybridized carbons (Fsp3) is 0.481. The van der Waals surface area contributed by atoms with Crippen molar-refractivity contribution in [2.24, 2.45) is 0 Å². The molecule has 0 amide bonds. The maximum absolute atomic E-state index is 15.0. The van der Waals surface area contributed by atoms with Crippen LogP contribution in [0.1, 0.15) is 54.1 Å². The quantitative estimate of drug-likeness (QED) is 0.413. The predicted octanol–water partition coefficient (Wildman–Crippen LogP) is 4.72. The molecular formula is C27H28ClF2N5O3. The van der Waals surface area contributed by atoms with Gasteiger partial charge in [0.2, 0.25) is 0 Å². The summed E-state index contributed by atoms with van der Waals surface area (Å²) < 4.78 is 35.3. The van der Waals surface area contributed by atoms with Crippen LogP contribution in [0.5, 0.6) is 6.01 Å². The Bertz CT molecular complexity index is 1340. The van der Waals surface area contributed by atoms with Gasteiger partial charge in [-0.3, -0.25) is 4.90 Å². The number of hydroxylamine groups is 2. The number of alkyl halides is 1. The Morgan fingerprint density at radius 2 is 1.95 bits per heavy atom. The number of rotatable bonds is 6. The highest BCUT2D eigenvalue weighted by atomic mass is 35.5. The van der Waals surface area contributed by atoms with Crippen molar-refractivity contribution in [1.82, 2.24) is 24.9 Å². The third-order valence-corrected chi connectivity index (χ3v) is 8.21. The molecule has 6 rings (SSSR count). The fourth-order valence-electron chi connectivity index (χ4n) is 6.02. The first kappa shape index (κ1) is 25.3. The topological polar surface area (TPSA) is 80.7 Å². The molecule has 0 radical (unpaired) electrons. The third-order valence-electron chi connectivity index (χ3n) is 7.94. The molecule has 0 spiro atoms. The van der Waals surface area contributed by atoms with Crippen LogP contribution in [-0.4, -0.2) is 75.4 Å². The lowest BCUT2D eigenvalue weighted by molar-refractivity contribution is -0.122. The molecule has 3 aliphatic heterocycles. The number of benzene rings is 1. The van der Waals surface area contributed by atoms with Gasteiger partial charge in [-0.15, -0.1) is 5.06 Å². The minimum Gasteiger partial charge on any atom is -0.461 e. The lowest BCUT2D eigenvalue weighted by Gasteiger charge is -2.32. The van der Waals surface area contributed by atoms with Gasteiger partial charge in [0.05, 0.1) is 16.8 Å². The van der Waals surface area contributed by atoms with Crippen molar-refractivity contribution in [2.75, 3.05) is 32.8 Å². The van der Waals surface area contributed by atoms with Crippen LogP contribution in [0.3, 0.4) is 0 Å². The molecule has 5 heterocycles. The molecule has 0 saturated carbocycles. The largest absolute Gasteiger partial charge is 0.461 e. The van der Waals surface area contributed by atoms with Crippen molar-refractivity contribution >= 4 is 28.5 Å². The van der Waals surface area contributed by atoms with Crippen molar-refractivity contribution in [3.05, 3.63) is 58.8 Å². The Kier molecular flexibility index (Phi) is 6.88. The molecule has 0 N–H and O–H groups in total. The fourth-order valence-corrected chi connectivity index (χ4v) is 6.16. The first-order valence-corrected chi connectivity index (χ1v) is 13.4. The lowest BCUT2D eigenvalue weighted by atomic mass is 9.92. The van der Waals surface area contributed by atoms with Gasteiger partial charge in [0.1, 0.15) is 18.3 Å². The highest BCUT2D eigenvalue weighted by molar-refractivity contribution is 6.30. The summed E-state index contributed by atoms with van der Waals surface area (Å²) in [4.78, 5) is 33.2. The third kappa shape index (κ3) is 4.81. The van der Waals surface area contributed by atoms with Crippen LogP contribution in [0.4, 0.5) is 8.78 Å². The Morgan fingerprint density at radius 1 is 1.16 bits per heavy atom. The number of ether oxygens (including phenoxy) is 1. The van der Waals surface area contributed by atoms with Crippen molar-refractivity contribution in [3.63, 3.8) is 0 Å². The molecule has 200 valence electrons. The summed E-state index contributed by atoms with van der Waals surface area (Å²) in [6.45, 7) is 2.48. The van der Waals surface area contributed by atoms with Crippen LogP contribution in [0.15, 0.2) is 36.5 Å². The summed E-state index contributed by atoms with van der Waals surface area (Å²) in [7, 11) is 0. The second-order valence-corrected chi connectivity index (χ2v) is 10.7. The second-order valence-electron chi connectivity index (χ2n) is 10.3. The van der Waals surface area contributed by atoms with Crippen molar-refractivity contribution in [3.8, 4) is 6.01 Å². The van der Waals surface area contributed by atoms with E-state index in [4.69, 9.17) is 26.2 Å². The Hall–Kier alpha value is -2.95. The van der Waals surface area contributed by atoms with E-state index in [-0.39, 0.29) is 34.7 Å². The van der Waals surface area contributed by atoms with Gasteiger partial charge in [0, 0.05) is 43.6 Å². The standard InChI is InChI=1S/C27H28ClF2N5O3/c28-24-21(30)23-20(14-31-24)22(17-7-11-35(12-8-17)38-25(36)18-5-2-1-3-6-18)32-26(33-23)37-16-27-9-4-10-34(27)15-19(29)13-27/h1-3,5-6,14,17,19H,4,7-13,15-16H2/t19-,27+/m1/s1. The summed E-state index contributed by atoms with van der Waals surface area (Å²) in [6, 6.07) is 8.88. The van der Waals surface area contributed by atoms with E-state index in [1.807, 2.05) is 6.07 Å². The number of halogens is 3. The average molecular weight is 544 g/mol. The number of carbonyl (C=O) groups is 1. The summed E-state index contributed by atoms with van der Waals surface area (Å²) in [5.74, 6) is -1.19. The van der Waals surface area contributed by atoms with E-state index in [2.05, 4.69) is 14.9 Å². The molecule has 38 heavy (non-hydrogen) atoms. The summed E-state index contributed by atoms with van der Waals surface area (Å²) in [5, 5.41) is 1.85. The zero-order chi connectivity index (χ0) is 26.3. The van der Waals surface area contributed by atoms with E-state index in [1.54, 1.807) is 29.3 Å².